The second-order valence-electron chi connectivity index (χ2n) is 3.80. The highest BCUT2D eigenvalue weighted by Gasteiger charge is 2.04. The molecule has 0 radical (unpaired) electrons. The van der Waals surface area contributed by atoms with Crippen LogP contribution >= 0.6 is 27.5 Å². The molecule has 0 atom stereocenters. The van der Waals surface area contributed by atoms with Crippen LogP contribution in [0.4, 0.5) is 0 Å². The molecular weight excluding hydrogens is 304 g/mol. The average Bonchev–Trinajstić information content (AvgIpc) is 2.33. The molecule has 0 N–H and O–H groups in total. The first-order valence-electron chi connectivity index (χ1n) is 5.43. The van der Waals surface area contributed by atoms with Gasteiger partial charge in [0.25, 0.3) is 5.56 Å². The van der Waals surface area contributed by atoms with Crippen molar-refractivity contribution in [2.75, 3.05) is 5.88 Å². The van der Waals surface area contributed by atoms with Gasteiger partial charge in [0.05, 0.1) is 17.2 Å². The molecule has 5 heteroatoms. The summed E-state index contributed by atoms with van der Waals surface area (Å²) < 4.78 is 2.53. The van der Waals surface area contributed by atoms with Crippen LogP contribution in [0.2, 0.25) is 0 Å². The fourth-order valence-corrected chi connectivity index (χ4v) is 2.22. The number of rotatable bonds is 4. The molecule has 0 unspecified atom stereocenters. The molecular formula is C12H12BrClN2O. The van der Waals surface area contributed by atoms with E-state index in [-0.39, 0.29) is 5.56 Å². The molecule has 1 aromatic heterocycles. The molecule has 0 saturated carbocycles. The van der Waals surface area contributed by atoms with E-state index in [9.17, 15) is 4.79 Å². The Bertz CT molecular complexity index is 582. The van der Waals surface area contributed by atoms with Crippen LogP contribution < -0.4 is 5.56 Å². The van der Waals surface area contributed by atoms with Crippen molar-refractivity contribution in [3.05, 3.63) is 39.4 Å². The van der Waals surface area contributed by atoms with Crippen LogP contribution in [0.1, 0.15) is 12.8 Å². The standard InChI is InChI=1S/C12H12BrClN2O/c13-9-3-4-11-10(7-9)12(17)16(8-15-11)6-2-1-5-14/h3-4,7-8H,1-2,5-6H2. The molecule has 0 aliphatic rings. The molecule has 0 aliphatic heterocycles. The van der Waals surface area contributed by atoms with E-state index < -0.39 is 0 Å². The molecule has 0 fully saturated rings. The number of aromatic nitrogens is 2. The number of aryl methyl sites for hydroxylation is 1. The topological polar surface area (TPSA) is 34.9 Å². The van der Waals surface area contributed by atoms with Crippen molar-refractivity contribution >= 4 is 38.4 Å². The van der Waals surface area contributed by atoms with E-state index in [2.05, 4.69) is 20.9 Å². The average molecular weight is 316 g/mol. The number of benzene rings is 1. The third-order valence-corrected chi connectivity index (χ3v) is 3.33. The quantitative estimate of drug-likeness (QED) is 0.641. The predicted molar refractivity (Wildman–Crippen MR) is 73.7 cm³/mol. The number of unbranched alkanes of at least 4 members (excludes halogenated alkanes) is 1. The molecule has 2 aromatic rings. The Morgan fingerprint density at radius 3 is 2.94 bits per heavy atom. The van der Waals surface area contributed by atoms with E-state index >= 15 is 0 Å². The fraction of sp³-hybridized carbons (Fsp3) is 0.333. The number of nitrogens with zero attached hydrogens (tertiary/aromatic N) is 2. The van der Waals surface area contributed by atoms with Gasteiger partial charge in [0.15, 0.2) is 0 Å². The molecule has 90 valence electrons. The van der Waals surface area contributed by atoms with Crippen molar-refractivity contribution in [1.29, 1.82) is 0 Å². The summed E-state index contributed by atoms with van der Waals surface area (Å²) in [5.41, 5.74) is 0.734. The summed E-state index contributed by atoms with van der Waals surface area (Å²) in [6, 6.07) is 5.53. The molecule has 0 amide bonds. The summed E-state index contributed by atoms with van der Waals surface area (Å²) in [4.78, 5) is 16.4. The predicted octanol–water partition coefficient (Wildman–Crippen LogP) is 3.18. The van der Waals surface area contributed by atoms with Gasteiger partial charge in [-0.3, -0.25) is 9.36 Å². The second kappa shape index (κ2) is 5.65. The third-order valence-electron chi connectivity index (χ3n) is 2.57. The van der Waals surface area contributed by atoms with Gasteiger partial charge in [-0.25, -0.2) is 4.98 Å². The van der Waals surface area contributed by atoms with E-state index in [4.69, 9.17) is 11.6 Å². The number of alkyl halides is 1. The van der Waals surface area contributed by atoms with Gasteiger partial charge in [-0.15, -0.1) is 11.6 Å². The minimum atomic E-state index is 0.00544. The van der Waals surface area contributed by atoms with Gasteiger partial charge in [0.2, 0.25) is 0 Å². The first kappa shape index (κ1) is 12.6. The van der Waals surface area contributed by atoms with Crippen LogP contribution in [0.15, 0.2) is 33.8 Å². The fourth-order valence-electron chi connectivity index (χ4n) is 1.67. The molecule has 0 saturated heterocycles. The molecule has 0 bridgehead atoms. The highest BCUT2D eigenvalue weighted by Crippen LogP contribution is 2.14. The Labute approximate surface area is 113 Å². The Balaban J connectivity index is 2.39. The summed E-state index contributed by atoms with van der Waals surface area (Å²) in [7, 11) is 0. The summed E-state index contributed by atoms with van der Waals surface area (Å²) >= 11 is 8.98. The van der Waals surface area contributed by atoms with Gasteiger partial charge < -0.3 is 0 Å². The van der Waals surface area contributed by atoms with E-state index in [0.29, 0.717) is 17.8 Å². The van der Waals surface area contributed by atoms with Gasteiger partial charge in [0.1, 0.15) is 0 Å². The molecule has 0 aliphatic carbocycles. The van der Waals surface area contributed by atoms with Gasteiger partial charge in [-0.2, -0.15) is 0 Å². The Kier molecular flexibility index (Phi) is 4.18. The first-order valence-corrected chi connectivity index (χ1v) is 6.76. The van der Waals surface area contributed by atoms with E-state index in [1.54, 1.807) is 10.9 Å². The molecule has 1 aromatic carbocycles. The Morgan fingerprint density at radius 1 is 1.35 bits per heavy atom. The lowest BCUT2D eigenvalue weighted by Gasteiger charge is -2.05. The number of halogens is 2. The zero-order valence-electron chi connectivity index (χ0n) is 9.20. The monoisotopic (exact) mass is 314 g/mol. The van der Waals surface area contributed by atoms with E-state index in [1.807, 2.05) is 18.2 Å². The lowest BCUT2D eigenvalue weighted by molar-refractivity contribution is 0.610. The third kappa shape index (κ3) is 2.87. The van der Waals surface area contributed by atoms with Crippen molar-refractivity contribution in [3.63, 3.8) is 0 Å². The highest BCUT2D eigenvalue weighted by molar-refractivity contribution is 9.10. The van der Waals surface area contributed by atoms with Crippen LogP contribution in [0, 0.1) is 0 Å². The molecule has 2 rings (SSSR count). The number of fused-ring (bicyclic) bond motifs is 1. The normalized spacial score (nSPS) is 10.9. The Hall–Kier alpha value is -0.870. The van der Waals surface area contributed by atoms with Crippen LogP contribution in [0.3, 0.4) is 0 Å². The van der Waals surface area contributed by atoms with Crippen LogP contribution in [0.5, 0.6) is 0 Å². The SMILES string of the molecule is O=c1c2cc(Br)ccc2ncn1CCCCCl. The highest BCUT2D eigenvalue weighted by atomic mass is 79.9. The van der Waals surface area contributed by atoms with Gasteiger partial charge in [-0.05, 0) is 31.0 Å². The molecule has 1 heterocycles. The maximum absolute atomic E-state index is 12.1. The number of hydrogen-bond acceptors (Lipinski definition) is 2. The second-order valence-corrected chi connectivity index (χ2v) is 5.09. The minimum Gasteiger partial charge on any atom is -0.299 e. The van der Waals surface area contributed by atoms with Crippen molar-refractivity contribution < 1.29 is 0 Å². The lowest BCUT2D eigenvalue weighted by Crippen LogP contribution is -2.20. The van der Waals surface area contributed by atoms with Crippen molar-refractivity contribution in [3.8, 4) is 0 Å². The smallest absolute Gasteiger partial charge is 0.261 e. The van der Waals surface area contributed by atoms with Gasteiger partial charge in [-0.1, -0.05) is 15.9 Å². The van der Waals surface area contributed by atoms with Crippen LogP contribution in [-0.2, 0) is 6.54 Å². The summed E-state index contributed by atoms with van der Waals surface area (Å²) in [6.07, 6.45) is 3.40. The Morgan fingerprint density at radius 2 is 2.18 bits per heavy atom. The largest absolute Gasteiger partial charge is 0.299 e. The maximum Gasteiger partial charge on any atom is 0.261 e. The van der Waals surface area contributed by atoms with Gasteiger partial charge in [0, 0.05) is 16.9 Å². The van der Waals surface area contributed by atoms with Crippen LogP contribution in [-0.4, -0.2) is 15.4 Å². The molecule has 3 nitrogen and oxygen atoms in total. The minimum absolute atomic E-state index is 0.00544. The molecule has 0 spiro atoms. The summed E-state index contributed by atoms with van der Waals surface area (Å²) in [6.45, 7) is 0.668. The summed E-state index contributed by atoms with van der Waals surface area (Å²) in [5, 5.41) is 0.646. The summed E-state index contributed by atoms with van der Waals surface area (Å²) in [5.74, 6) is 0.626. The van der Waals surface area contributed by atoms with Crippen molar-refractivity contribution in [1.82, 2.24) is 9.55 Å². The van der Waals surface area contributed by atoms with E-state index in [0.717, 1.165) is 22.8 Å². The zero-order valence-corrected chi connectivity index (χ0v) is 11.5. The molecule has 17 heavy (non-hydrogen) atoms. The zero-order chi connectivity index (χ0) is 12.3. The van der Waals surface area contributed by atoms with Crippen LogP contribution in [0.25, 0.3) is 10.9 Å². The van der Waals surface area contributed by atoms with Crippen molar-refractivity contribution in [2.24, 2.45) is 0 Å². The maximum atomic E-state index is 12.1. The van der Waals surface area contributed by atoms with Gasteiger partial charge >= 0.3 is 0 Å². The lowest BCUT2D eigenvalue weighted by atomic mass is 10.2. The van der Waals surface area contributed by atoms with E-state index in [1.165, 1.54) is 0 Å². The first-order chi connectivity index (χ1) is 8.22. The number of hydrogen-bond donors (Lipinski definition) is 0. The van der Waals surface area contributed by atoms with Crippen molar-refractivity contribution in [2.45, 2.75) is 19.4 Å².